The van der Waals surface area contributed by atoms with Crippen LogP contribution in [0.2, 0.25) is 0 Å². The second kappa shape index (κ2) is 7.87. The quantitative estimate of drug-likeness (QED) is 0.460. The topological polar surface area (TPSA) is 130 Å². The van der Waals surface area contributed by atoms with E-state index in [1.165, 1.54) is 45.9 Å². The molecule has 8 nitrogen and oxygen atoms in total. The van der Waals surface area contributed by atoms with Crippen LogP contribution >= 0.6 is 0 Å². The summed E-state index contributed by atoms with van der Waals surface area (Å²) in [5.41, 5.74) is 0.198. The molecule has 0 bridgehead atoms. The molecule has 0 radical (unpaired) electrons. The van der Waals surface area contributed by atoms with E-state index in [1.807, 2.05) is 0 Å². The van der Waals surface area contributed by atoms with Crippen LogP contribution < -0.4 is 9.44 Å². The van der Waals surface area contributed by atoms with Gasteiger partial charge in [-0.3, -0.25) is 14.2 Å². The van der Waals surface area contributed by atoms with Gasteiger partial charge in [-0.1, -0.05) is 0 Å². The fourth-order valence-corrected chi connectivity index (χ4v) is 3.32. The SMILES string of the molecule is CCS(=O)(=O)Nc1ccc(NS(=O)(=O)CC)c(/C(C(C)=O)=C(\C)O)c1. The minimum Gasteiger partial charge on any atom is -0.512 e. The van der Waals surface area contributed by atoms with E-state index in [4.69, 9.17) is 0 Å². The lowest BCUT2D eigenvalue weighted by Crippen LogP contribution is -2.18. The van der Waals surface area contributed by atoms with Gasteiger partial charge >= 0.3 is 0 Å². The van der Waals surface area contributed by atoms with E-state index in [1.54, 1.807) is 0 Å². The molecule has 140 valence electrons. The van der Waals surface area contributed by atoms with Crippen LogP contribution in [0.3, 0.4) is 0 Å². The number of allylic oxidation sites excluding steroid dienone is 2. The van der Waals surface area contributed by atoms with Crippen LogP contribution in [0.25, 0.3) is 5.57 Å². The Hall–Kier alpha value is -2.07. The van der Waals surface area contributed by atoms with Crippen molar-refractivity contribution in [3.05, 3.63) is 29.5 Å². The number of hydrogen-bond acceptors (Lipinski definition) is 6. The van der Waals surface area contributed by atoms with Gasteiger partial charge in [0.1, 0.15) is 5.76 Å². The first-order chi connectivity index (χ1) is 11.4. The summed E-state index contributed by atoms with van der Waals surface area (Å²) in [4.78, 5) is 11.9. The minimum absolute atomic E-state index is 0.0693. The number of rotatable bonds is 8. The summed E-state index contributed by atoms with van der Waals surface area (Å²) in [6.45, 7) is 5.42. The van der Waals surface area contributed by atoms with Crippen LogP contribution in [-0.2, 0) is 24.8 Å². The van der Waals surface area contributed by atoms with Gasteiger partial charge in [0.25, 0.3) is 0 Å². The molecule has 1 rings (SSSR count). The standard InChI is InChI=1S/C15H22N2O6S2/c1-5-24(20,21)16-12-7-8-14(17-25(22,23)6-2)13(9-12)15(10(3)18)11(4)19/h7-9,16-18H,5-6H2,1-4H3/b15-10+. The van der Waals surface area contributed by atoms with Gasteiger partial charge in [0.15, 0.2) is 5.78 Å². The van der Waals surface area contributed by atoms with Gasteiger partial charge in [0.05, 0.1) is 22.8 Å². The maximum atomic E-state index is 11.9. The lowest BCUT2D eigenvalue weighted by Gasteiger charge is -2.16. The molecule has 1 aromatic rings. The predicted molar refractivity (Wildman–Crippen MR) is 98.5 cm³/mol. The van der Waals surface area contributed by atoms with Crippen LogP contribution in [-0.4, -0.2) is 39.2 Å². The zero-order chi connectivity index (χ0) is 19.4. The Balaban J connectivity index is 3.59. The number of aliphatic hydroxyl groups excluding tert-OH is 1. The van der Waals surface area contributed by atoms with Crippen LogP contribution in [0.15, 0.2) is 24.0 Å². The molecule has 0 fully saturated rings. The predicted octanol–water partition coefficient (Wildman–Crippen LogP) is 2.09. The summed E-state index contributed by atoms with van der Waals surface area (Å²) >= 11 is 0. The number of sulfonamides is 2. The second-order valence-electron chi connectivity index (χ2n) is 5.29. The normalized spacial score (nSPS) is 13.1. The summed E-state index contributed by atoms with van der Waals surface area (Å²) in [5.74, 6) is -1.14. The molecule has 25 heavy (non-hydrogen) atoms. The van der Waals surface area contributed by atoms with Crippen molar-refractivity contribution >= 4 is 42.8 Å². The molecule has 0 aliphatic heterocycles. The van der Waals surface area contributed by atoms with Crippen LogP contribution in [0.1, 0.15) is 33.3 Å². The average molecular weight is 390 g/mol. The third-order valence-electron chi connectivity index (χ3n) is 3.30. The van der Waals surface area contributed by atoms with E-state index in [-0.39, 0.29) is 39.8 Å². The van der Waals surface area contributed by atoms with Crippen molar-refractivity contribution in [1.29, 1.82) is 0 Å². The highest BCUT2D eigenvalue weighted by molar-refractivity contribution is 7.92. The molecular weight excluding hydrogens is 368 g/mol. The van der Waals surface area contributed by atoms with Crippen molar-refractivity contribution in [2.24, 2.45) is 0 Å². The van der Waals surface area contributed by atoms with Gasteiger partial charge < -0.3 is 5.11 Å². The molecule has 0 atom stereocenters. The van der Waals surface area contributed by atoms with Gasteiger partial charge in [-0.05, 0) is 45.9 Å². The molecule has 0 unspecified atom stereocenters. The Kier molecular flexibility index (Phi) is 6.61. The van der Waals surface area contributed by atoms with Crippen molar-refractivity contribution in [2.75, 3.05) is 20.9 Å². The number of aliphatic hydroxyl groups is 1. The third kappa shape index (κ3) is 5.75. The molecule has 0 saturated carbocycles. The van der Waals surface area contributed by atoms with E-state index in [0.29, 0.717) is 0 Å². The fraction of sp³-hybridized carbons (Fsp3) is 0.400. The minimum atomic E-state index is -3.64. The largest absolute Gasteiger partial charge is 0.512 e. The number of carbonyl (C=O) groups excluding carboxylic acids is 1. The van der Waals surface area contributed by atoms with Gasteiger partial charge in [-0.2, -0.15) is 0 Å². The Bertz CT molecular complexity index is 898. The lowest BCUT2D eigenvalue weighted by molar-refractivity contribution is -0.111. The van der Waals surface area contributed by atoms with Gasteiger partial charge in [0, 0.05) is 11.3 Å². The molecule has 0 aliphatic rings. The summed E-state index contributed by atoms with van der Waals surface area (Å²) in [6.07, 6.45) is 0. The summed E-state index contributed by atoms with van der Waals surface area (Å²) in [5, 5.41) is 9.83. The molecular formula is C15H22N2O6S2. The molecule has 0 saturated heterocycles. The molecule has 0 aliphatic carbocycles. The highest BCUT2D eigenvalue weighted by Crippen LogP contribution is 2.31. The molecule has 0 spiro atoms. The highest BCUT2D eigenvalue weighted by atomic mass is 32.2. The fourth-order valence-electron chi connectivity index (χ4n) is 2.03. The van der Waals surface area contributed by atoms with E-state index in [9.17, 15) is 26.7 Å². The van der Waals surface area contributed by atoms with Crippen molar-refractivity contribution in [1.82, 2.24) is 0 Å². The van der Waals surface area contributed by atoms with E-state index in [0.717, 1.165) is 0 Å². The monoisotopic (exact) mass is 390 g/mol. The van der Waals surface area contributed by atoms with Gasteiger partial charge in [-0.25, -0.2) is 16.8 Å². The van der Waals surface area contributed by atoms with Crippen molar-refractivity contribution in [2.45, 2.75) is 27.7 Å². The molecule has 0 aromatic heterocycles. The number of carbonyl (C=O) groups is 1. The molecule has 1 aromatic carbocycles. The zero-order valence-corrected chi connectivity index (χ0v) is 16.1. The van der Waals surface area contributed by atoms with Crippen molar-refractivity contribution in [3.63, 3.8) is 0 Å². The molecule has 0 heterocycles. The molecule has 3 N–H and O–H groups in total. The average Bonchev–Trinajstić information content (AvgIpc) is 2.48. The van der Waals surface area contributed by atoms with Gasteiger partial charge in [-0.15, -0.1) is 0 Å². The number of hydrogen-bond donors (Lipinski definition) is 3. The van der Waals surface area contributed by atoms with E-state index in [2.05, 4.69) is 9.44 Å². The first-order valence-electron chi connectivity index (χ1n) is 7.48. The Morgan fingerprint density at radius 2 is 1.52 bits per heavy atom. The maximum Gasteiger partial charge on any atom is 0.232 e. The summed E-state index contributed by atoms with van der Waals surface area (Å²) in [7, 11) is -7.20. The second-order valence-corrected chi connectivity index (χ2v) is 9.31. The third-order valence-corrected chi connectivity index (χ3v) is 5.90. The highest BCUT2D eigenvalue weighted by Gasteiger charge is 2.20. The van der Waals surface area contributed by atoms with Crippen molar-refractivity contribution in [3.8, 4) is 0 Å². The number of Topliss-reactive ketones (excluding diaryl/α,β-unsaturated/α-hetero) is 1. The first kappa shape index (κ1) is 21.0. The maximum absolute atomic E-state index is 11.9. The number of ketones is 1. The van der Waals surface area contributed by atoms with Crippen LogP contribution in [0.5, 0.6) is 0 Å². The van der Waals surface area contributed by atoms with Crippen LogP contribution in [0.4, 0.5) is 11.4 Å². The van der Waals surface area contributed by atoms with E-state index >= 15 is 0 Å². The summed E-state index contributed by atoms with van der Waals surface area (Å²) < 4.78 is 51.8. The van der Waals surface area contributed by atoms with Crippen LogP contribution in [0, 0.1) is 0 Å². The Labute approximate surface area is 148 Å². The number of anilines is 2. The molecule has 0 amide bonds. The smallest absolute Gasteiger partial charge is 0.232 e. The summed E-state index contributed by atoms with van der Waals surface area (Å²) in [6, 6.07) is 4.01. The number of nitrogens with one attached hydrogen (secondary N) is 2. The Morgan fingerprint density at radius 3 is 1.96 bits per heavy atom. The number of benzene rings is 1. The van der Waals surface area contributed by atoms with Crippen molar-refractivity contribution < 1.29 is 26.7 Å². The first-order valence-corrected chi connectivity index (χ1v) is 10.8. The Morgan fingerprint density at radius 1 is 1.00 bits per heavy atom. The molecule has 10 heteroatoms. The van der Waals surface area contributed by atoms with E-state index < -0.39 is 25.8 Å². The zero-order valence-electron chi connectivity index (χ0n) is 14.5. The lowest BCUT2D eigenvalue weighted by atomic mass is 9.99. The van der Waals surface area contributed by atoms with Gasteiger partial charge in [0.2, 0.25) is 20.0 Å².